The summed E-state index contributed by atoms with van der Waals surface area (Å²) in [4.78, 5) is 22.9. The summed E-state index contributed by atoms with van der Waals surface area (Å²) in [5, 5.41) is 17.8. The molecule has 138 valence electrons. The van der Waals surface area contributed by atoms with Crippen molar-refractivity contribution in [2.45, 2.75) is 0 Å². The molecule has 0 aliphatic heterocycles. The van der Waals surface area contributed by atoms with Crippen molar-refractivity contribution in [2.24, 2.45) is 10.2 Å². The zero-order valence-electron chi connectivity index (χ0n) is 14.2. The molecule has 27 heavy (non-hydrogen) atoms. The van der Waals surface area contributed by atoms with Gasteiger partial charge >= 0.3 is 11.6 Å². The number of benzene rings is 2. The molecule has 3 aromatic rings. The van der Waals surface area contributed by atoms with Gasteiger partial charge in [0.15, 0.2) is 11.3 Å². The van der Waals surface area contributed by atoms with Crippen LogP contribution in [0.3, 0.4) is 0 Å². The van der Waals surface area contributed by atoms with Gasteiger partial charge in [0.05, 0.1) is 19.9 Å². The first-order valence-corrected chi connectivity index (χ1v) is 8.36. The topological polar surface area (TPSA) is 111 Å². The van der Waals surface area contributed by atoms with E-state index in [-0.39, 0.29) is 11.3 Å². The van der Waals surface area contributed by atoms with Gasteiger partial charge in [0.2, 0.25) is 0 Å². The molecular formula is C18H13BrN2O6. The van der Waals surface area contributed by atoms with Crippen molar-refractivity contribution in [1.29, 1.82) is 0 Å². The van der Waals surface area contributed by atoms with Gasteiger partial charge in [-0.2, -0.15) is 5.11 Å². The number of carbonyl (C=O) groups is 1. The van der Waals surface area contributed by atoms with Crippen LogP contribution < -0.4 is 15.1 Å². The Balaban J connectivity index is 2.11. The van der Waals surface area contributed by atoms with E-state index < -0.39 is 17.2 Å². The Morgan fingerprint density at radius 2 is 1.81 bits per heavy atom. The van der Waals surface area contributed by atoms with E-state index in [1.807, 2.05) is 0 Å². The highest BCUT2D eigenvalue weighted by molar-refractivity contribution is 9.10. The number of carboxylic acids is 1. The maximum absolute atomic E-state index is 11.8. The quantitative estimate of drug-likeness (QED) is 0.462. The largest absolute Gasteiger partial charge is 0.494 e. The Labute approximate surface area is 161 Å². The summed E-state index contributed by atoms with van der Waals surface area (Å²) < 4.78 is 16.4. The Morgan fingerprint density at radius 3 is 2.48 bits per heavy atom. The highest BCUT2D eigenvalue weighted by Gasteiger charge is 2.15. The Kier molecular flexibility index (Phi) is 5.22. The van der Waals surface area contributed by atoms with E-state index in [9.17, 15) is 9.59 Å². The van der Waals surface area contributed by atoms with Crippen molar-refractivity contribution >= 4 is 44.2 Å². The zero-order chi connectivity index (χ0) is 19.6. The molecule has 0 saturated heterocycles. The molecule has 2 aromatic carbocycles. The smallest absolute Gasteiger partial charge is 0.351 e. The second-order valence-electron chi connectivity index (χ2n) is 5.34. The highest BCUT2D eigenvalue weighted by Crippen LogP contribution is 2.34. The first kappa shape index (κ1) is 18.6. The molecule has 0 aliphatic rings. The summed E-state index contributed by atoms with van der Waals surface area (Å²) >= 11 is 3.35. The summed E-state index contributed by atoms with van der Waals surface area (Å²) in [6.07, 6.45) is 0. The fraction of sp³-hybridized carbons (Fsp3) is 0.111. The summed E-state index contributed by atoms with van der Waals surface area (Å²) in [7, 11) is 2.92. The van der Waals surface area contributed by atoms with Crippen molar-refractivity contribution in [1.82, 2.24) is 0 Å². The van der Waals surface area contributed by atoms with Gasteiger partial charge in [-0.15, -0.1) is 5.11 Å². The van der Waals surface area contributed by atoms with E-state index in [0.29, 0.717) is 22.5 Å². The molecule has 8 nitrogen and oxygen atoms in total. The number of aromatic carboxylic acids is 1. The van der Waals surface area contributed by atoms with Crippen molar-refractivity contribution in [2.75, 3.05) is 14.2 Å². The third-order valence-electron chi connectivity index (χ3n) is 3.65. The highest BCUT2D eigenvalue weighted by atomic mass is 79.9. The van der Waals surface area contributed by atoms with E-state index >= 15 is 0 Å². The summed E-state index contributed by atoms with van der Waals surface area (Å²) in [5.74, 6) is -0.616. The van der Waals surface area contributed by atoms with Crippen LogP contribution in [0.5, 0.6) is 11.5 Å². The van der Waals surface area contributed by atoms with Gasteiger partial charge in [-0.3, -0.25) is 0 Å². The number of fused-ring (bicyclic) bond motifs is 1. The number of halogens is 1. The van der Waals surface area contributed by atoms with E-state index in [0.717, 1.165) is 4.47 Å². The lowest BCUT2D eigenvalue weighted by Gasteiger charge is -2.06. The summed E-state index contributed by atoms with van der Waals surface area (Å²) in [6, 6.07) is 9.56. The van der Waals surface area contributed by atoms with Crippen LogP contribution in [-0.2, 0) is 0 Å². The molecule has 0 aliphatic carbocycles. The monoisotopic (exact) mass is 432 g/mol. The van der Waals surface area contributed by atoms with Gasteiger partial charge in [0.25, 0.3) is 0 Å². The van der Waals surface area contributed by atoms with Crippen molar-refractivity contribution in [3.8, 4) is 11.5 Å². The Hall–Kier alpha value is -3.20. The SMILES string of the molecule is COc1cc(Br)ccc1N=Nc1cc(OC)c2oc(=O)c(C(=O)O)cc2c1. The van der Waals surface area contributed by atoms with Gasteiger partial charge in [-0.25, -0.2) is 9.59 Å². The molecule has 9 heteroatoms. The number of ether oxygens (including phenoxy) is 2. The molecule has 0 fully saturated rings. The maximum atomic E-state index is 11.8. The van der Waals surface area contributed by atoms with Crippen LogP contribution in [0.4, 0.5) is 11.4 Å². The van der Waals surface area contributed by atoms with E-state index in [1.54, 1.807) is 24.3 Å². The third-order valence-corrected chi connectivity index (χ3v) is 4.14. The van der Waals surface area contributed by atoms with Gasteiger partial charge in [0.1, 0.15) is 17.0 Å². The molecule has 1 aromatic heterocycles. The fourth-order valence-electron chi connectivity index (χ4n) is 2.39. The van der Waals surface area contributed by atoms with E-state index in [4.69, 9.17) is 19.0 Å². The summed E-state index contributed by atoms with van der Waals surface area (Å²) in [6.45, 7) is 0. The lowest BCUT2D eigenvalue weighted by atomic mass is 10.1. The van der Waals surface area contributed by atoms with Gasteiger partial charge < -0.3 is 19.0 Å². The number of nitrogens with zero attached hydrogens (tertiary/aromatic N) is 2. The first-order chi connectivity index (χ1) is 12.9. The van der Waals surface area contributed by atoms with E-state index in [2.05, 4.69) is 26.2 Å². The Morgan fingerprint density at radius 1 is 1.07 bits per heavy atom. The Bertz CT molecular complexity index is 1120. The lowest BCUT2D eigenvalue weighted by molar-refractivity contribution is 0.0692. The normalized spacial score (nSPS) is 11.1. The molecule has 1 heterocycles. The molecule has 0 amide bonds. The first-order valence-electron chi connectivity index (χ1n) is 7.57. The standard InChI is InChI=1S/C18H13BrN2O6/c1-25-14-7-10(19)3-4-13(14)21-20-11-5-9-6-12(17(22)23)18(24)27-16(9)15(8-11)26-2/h3-8H,1-2H3,(H,22,23). The molecule has 0 unspecified atom stereocenters. The molecule has 3 rings (SSSR count). The minimum absolute atomic E-state index is 0.132. The van der Waals surface area contributed by atoms with Crippen LogP contribution in [0.2, 0.25) is 0 Å². The molecule has 0 saturated carbocycles. The van der Waals surface area contributed by atoms with Crippen molar-refractivity contribution < 1.29 is 23.8 Å². The molecule has 0 atom stereocenters. The van der Waals surface area contributed by atoms with Crippen molar-refractivity contribution in [3.63, 3.8) is 0 Å². The number of rotatable bonds is 5. The predicted molar refractivity (Wildman–Crippen MR) is 101 cm³/mol. The number of carboxylic acid groups (broad SMARTS) is 1. The maximum Gasteiger partial charge on any atom is 0.351 e. The average Bonchev–Trinajstić information content (AvgIpc) is 2.65. The van der Waals surface area contributed by atoms with Gasteiger partial charge in [0, 0.05) is 15.9 Å². The lowest BCUT2D eigenvalue weighted by Crippen LogP contribution is -2.13. The van der Waals surface area contributed by atoms with Crippen molar-refractivity contribution in [3.05, 3.63) is 56.9 Å². The molecule has 0 spiro atoms. The summed E-state index contributed by atoms with van der Waals surface area (Å²) in [5.41, 5.74) is -0.414. The molecule has 0 radical (unpaired) electrons. The number of hydrogen-bond acceptors (Lipinski definition) is 7. The number of methoxy groups -OCH3 is 2. The van der Waals surface area contributed by atoms with Crippen LogP contribution in [0.25, 0.3) is 11.0 Å². The zero-order valence-corrected chi connectivity index (χ0v) is 15.8. The van der Waals surface area contributed by atoms with Crippen LogP contribution >= 0.6 is 15.9 Å². The average molecular weight is 433 g/mol. The number of hydrogen-bond donors (Lipinski definition) is 1. The molecule has 0 bridgehead atoms. The van der Waals surface area contributed by atoms with E-state index in [1.165, 1.54) is 26.4 Å². The van der Waals surface area contributed by atoms with Crippen LogP contribution in [0.1, 0.15) is 10.4 Å². The third kappa shape index (κ3) is 3.82. The number of azo groups is 1. The second-order valence-corrected chi connectivity index (χ2v) is 6.25. The fourth-order valence-corrected chi connectivity index (χ4v) is 2.73. The predicted octanol–water partition coefficient (Wildman–Crippen LogP) is 4.69. The minimum atomic E-state index is -1.38. The minimum Gasteiger partial charge on any atom is -0.494 e. The second kappa shape index (κ2) is 7.58. The van der Waals surface area contributed by atoms with Gasteiger partial charge in [-0.1, -0.05) is 15.9 Å². The molecule has 1 N–H and O–H groups in total. The van der Waals surface area contributed by atoms with Crippen LogP contribution in [0.15, 0.2) is 60.3 Å². The van der Waals surface area contributed by atoms with Gasteiger partial charge in [-0.05, 0) is 30.3 Å². The molecular weight excluding hydrogens is 420 g/mol. The van der Waals surface area contributed by atoms with Crippen LogP contribution in [-0.4, -0.2) is 25.3 Å². The van der Waals surface area contributed by atoms with Crippen LogP contribution in [0, 0.1) is 0 Å².